The summed E-state index contributed by atoms with van der Waals surface area (Å²) in [6.45, 7) is 18.2. The second-order valence-corrected chi connectivity index (χ2v) is 14.0. The molecule has 0 unspecified atom stereocenters. The highest BCUT2D eigenvalue weighted by molar-refractivity contribution is 8.00. The van der Waals surface area contributed by atoms with Crippen LogP contribution in [-0.4, -0.2) is 68.4 Å². The van der Waals surface area contributed by atoms with Gasteiger partial charge >= 0.3 is 6.09 Å². The van der Waals surface area contributed by atoms with Crippen LogP contribution >= 0.6 is 11.8 Å². The summed E-state index contributed by atoms with van der Waals surface area (Å²) >= 11 is 1.82. The van der Waals surface area contributed by atoms with Crippen LogP contribution in [0.15, 0.2) is 23.1 Å². The van der Waals surface area contributed by atoms with Gasteiger partial charge in [0, 0.05) is 56.2 Å². The number of benzene rings is 1. The van der Waals surface area contributed by atoms with E-state index in [0.717, 1.165) is 50.2 Å². The minimum absolute atomic E-state index is 0.145. The SMILES string of the molecule is CC(=O)N1CCC(Cn2c(CC(C)(C)C)nc3cc(SC4CN(C(=O)OC(C)(C)C)C4)ccc32)CC1. The van der Waals surface area contributed by atoms with Crippen molar-refractivity contribution in [3.8, 4) is 0 Å². The molecule has 2 saturated heterocycles. The van der Waals surface area contributed by atoms with Crippen LogP contribution in [0.4, 0.5) is 4.79 Å². The number of ether oxygens (including phenoxy) is 1. The molecule has 0 spiro atoms. The van der Waals surface area contributed by atoms with Crippen molar-refractivity contribution in [2.45, 2.75) is 90.0 Å². The van der Waals surface area contributed by atoms with Gasteiger partial charge in [-0.25, -0.2) is 9.78 Å². The topological polar surface area (TPSA) is 67.7 Å². The molecule has 0 N–H and O–H groups in total. The highest BCUT2D eigenvalue weighted by Gasteiger charge is 2.34. The average Bonchev–Trinajstić information content (AvgIpc) is 3.03. The van der Waals surface area contributed by atoms with Crippen LogP contribution in [-0.2, 0) is 22.5 Å². The summed E-state index contributed by atoms with van der Waals surface area (Å²) in [5.74, 6) is 1.88. The maximum absolute atomic E-state index is 12.2. The van der Waals surface area contributed by atoms with Gasteiger partial charge in [0.25, 0.3) is 0 Å². The van der Waals surface area contributed by atoms with Gasteiger partial charge in [0.1, 0.15) is 11.4 Å². The summed E-state index contributed by atoms with van der Waals surface area (Å²) in [6, 6.07) is 6.61. The number of fused-ring (bicyclic) bond motifs is 1. The number of amides is 2. The Bertz CT molecular complexity index is 1100. The lowest BCUT2D eigenvalue weighted by Crippen LogP contribution is -2.53. The van der Waals surface area contributed by atoms with Crippen molar-refractivity contribution in [1.82, 2.24) is 19.4 Å². The highest BCUT2D eigenvalue weighted by Crippen LogP contribution is 2.34. The van der Waals surface area contributed by atoms with Gasteiger partial charge < -0.3 is 19.1 Å². The fraction of sp³-hybridized carbons (Fsp3) is 0.679. The fourth-order valence-corrected chi connectivity index (χ4v) is 6.14. The number of aromatic nitrogens is 2. The first-order valence-corrected chi connectivity index (χ1v) is 14.0. The van der Waals surface area contributed by atoms with Gasteiger partial charge in [0.2, 0.25) is 5.91 Å². The van der Waals surface area contributed by atoms with Crippen molar-refractivity contribution in [2.75, 3.05) is 26.2 Å². The molecule has 1 aromatic heterocycles. The zero-order valence-electron chi connectivity index (χ0n) is 23.0. The van der Waals surface area contributed by atoms with Crippen molar-refractivity contribution in [1.29, 1.82) is 0 Å². The molecule has 4 rings (SSSR count). The third kappa shape index (κ3) is 6.75. The average molecular weight is 515 g/mol. The van der Waals surface area contributed by atoms with Crippen molar-refractivity contribution >= 4 is 34.8 Å². The predicted molar refractivity (Wildman–Crippen MR) is 145 cm³/mol. The first-order valence-electron chi connectivity index (χ1n) is 13.2. The Hall–Kier alpha value is -2.22. The van der Waals surface area contributed by atoms with E-state index in [9.17, 15) is 9.59 Å². The van der Waals surface area contributed by atoms with Crippen LogP contribution in [0, 0.1) is 11.3 Å². The van der Waals surface area contributed by atoms with E-state index in [1.54, 1.807) is 11.8 Å². The molecule has 7 nitrogen and oxygen atoms in total. The number of thioether (sulfide) groups is 1. The summed E-state index contributed by atoms with van der Waals surface area (Å²) in [5.41, 5.74) is 1.92. The number of likely N-dealkylation sites (tertiary alicyclic amines) is 2. The molecule has 2 fully saturated rings. The maximum Gasteiger partial charge on any atom is 0.410 e. The Labute approximate surface area is 219 Å². The molecular formula is C28H42N4O3S. The molecule has 2 amide bonds. The van der Waals surface area contributed by atoms with Crippen molar-refractivity contribution < 1.29 is 14.3 Å². The maximum atomic E-state index is 12.2. The van der Waals surface area contributed by atoms with Crippen LogP contribution < -0.4 is 0 Å². The van der Waals surface area contributed by atoms with Gasteiger partial charge in [-0.3, -0.25) is 4.79 Å². The minimum Gasteiger partial charge on any atom is -0.444 e. The van der Waals surface area contributed by atoms with Crippen molar-refractivity contribution in [3.05, 3.63) is 24.0 Å². The van der Waals surface area contributed by atoms with E-state index >= 15 is 0 Å². The molecular weight excluding hydrogens is 472 g/mol. The van der Waals surface area contributed by atoms with E-state index in [2.05, 4.69) is 43.5 Å². The minimum atomic E-state index is -0.464. The second-order valence-electron chi connectivity index (χ2n) is 12.6. The highest BCUT2D eigenvalue weighted by atomic mass is 32.2. The molecule has 3 heterocycles. The molecule has 198 valence electrons. The van der Waals surface area contributed by atoms with E-state index < -0.39 is 5.60 Å². The normalized spacial score (nSPS) is 18.0. The third-order valence-electron chi connectivity index (χ3n) is 6.79. The first-order chi connectivity index (χ1) is 16.8. The Morgan fingerprint density at radius 2 is 1.72 bits per heavy atom. The number of piperidine rings is 1. The van der Waals surface area contributed by atoms with Gasteiger partial charge in [-0.05, 0) is 63.1 Å². The van der Waals surface area contributed by atoms with E-state index in [0.29, 0.717) is 24.3 Å². The summed E-state index contributed by atoms with van der Waals surface area (Å²) in [6.07, 6.45) is 2.77. The monoisotopic (exact) mass is 514 g/mol. The zero-order valence-corrected chi connectivity index (χ0v) is 23.8. The summed E-state index contributed by atoms with van der Waals surface area (Å²) < 4.78 is 7.91. The van der Waals surface area contributed by atoms with Gasteiger partial charge in [-0.2, -0.15) is 0 Å². The standard InChI is InChI=1S/C28H42N4O3S/c1-19(33)30-12-10-20(11-13-30)16-32-24-9-8-21(14-23(24)29-25(32)15-27(2,3)4)36-22-17-31(18-22)26(34)35-28(5,6)7/h8-9,14,20,22H,10-13,15-18H2,1-7H3. The van der Waals surface area contributed by atoms with E-state index in [4.69, 9.17) is 9.72 Å². The fourth-order valence-electron chi connectivity index (χ4n) is 4.92. The number of imidazole rings is 1. The third-order valence-corrected chi connectivity index (χ3v) is 7.95. The second kappa shape index (κ2) is 10.3. The van der Waals surface area contributed by atoms with Gasteiger partial charge in [0.05, 0.1) is 11.0 Å². The Kier molecular flexibility index (Phi) is 7.65. The first kappa shape index (κ1) is 26.8. The molecule has 2 aliphatic heterocycles. The number of hydrogen-bond donors (Lipinski definition) is 0. The summed E-state index contributed by atoms with van der Waals surface area (Å²) in [4.78, 5) is 34.0. The summed E-state index contributed by atoms with van der Waals surface area (Å²) in [5, 5.41) is 0.373. The molecule has 2 aromatic rings. The lowest BCUT2D eigenvalue weighted by molar-refractivity contribution is -0.130. The Morgan fingerprint density at radius 3 is 2.31 bits per heavy atom. The molecule has 8 heteroatoms. The zero-order chi connectivity index (χ0) is 26.3. The molecule has 0 bridgehead atoms. The number of nitrogens with zero attached hydrogens (tertiary/aromatic N) is 4. The van der Waals surface area contributed by atoms with Gasteiger partial charge in [-0.1, -0.05) is 20.8 Å². The van der Waals surface area contributed by atoms with Gasteiger partial charge in [0.15, 0.2) is 0 Å². The molecule has 0 saturated carbocycles. The summed E-state index contributed by atoms with van der Waals surface area (Å²) in [7, 11) is 0. The van der Waals surface area contributed by atoms with Crippen LogP contribution in [0.25, 0.3) is 11.0 Å². The van der Waals surface area contributed by atoms with Crippen molar-refractivity contribution in [3.63, 3.8) is 0 Å². The van der Waals surface area contributed by atoms with Crippen LogP contribution in [0.1, 0.15) is 67.1 Å². The van der Waals surface area contributed by atoms with E-state index in [1.807, 2.05) is 37.4 Å². The number of carbonyl (C=O) groups is 2. The largest absolute Gasteiger partial charge is 0.444 e. The molecule has 0 radical (unpaired) electrons. The molecule has 0 atom stereocenters. The van der Waals surface area contributed by atoms with Crippen LogP contribution in [0.2, 0.25) is 0 Å². The lowest BCUT2D eigenvalue weighted by Gasteiger charge is -2.39. The Balaban J connectivity index is 1.45. The van der Waals surface area contributed by atoms with Gasteiger partial charge in [-0.15, -0.1) is 11.8 Å². The molecule has 0 aliphatic carbocycles. The molecule has 36 heavy (non-hydrogen) atoms. The van der Waals surface area contributed by atoms with E-state index in [1.165, 1.54) is 10.4 Å². The predicted octanol–water partition coefficient (Wildman–Crippen LogP) is 5.59. The van der Waals surface area contributed by atoms with Crippen molar-refractivity contribution in [2.24, 2.45) is 11.3 Å². The number of carbonyl (C=O) groups excluding carboxylic acids is 2. The van der Waals surface area contributed by atoms with Crippen LogP contribution in [0.3, 0.4) is 0 Å². The quantitative estimate of drug-likeness (QED) is 0.520. The smallest absolute Gasteiger partial charge is 0.410 e. The Morgan fingerprint density at radius 1 is 1.06 bits per heavy atom. The molecule has 2 aliphatic rings. The number of rotatable bonds is 5. The lowest BCUT2D eigenvalue weighted by atomic mass is 9.91. The molecule has 1 aromatic carbocycles. The van der Waals surface area contributed by atoms with Crippen LogP contribution in [0.5, 0.6) is 0 Å². The number of hydrogen-bond acceptors (Lipinski definition) is 5. The van der Waals surface area contributed by atoms with E-state index in [-0.39, 0.29) is 17.4 Å².